The number of unbranched alkanes of at least 4 members (excludes halogenated alkanes) is 1. The van der Waals surface area contributed by atoms with Crippen LogP contribution in [0.5, 0.6) is 0 Å². The van der Waals surface area contributed by atoms with Gasteiger partial charge in [-0.25, -0.2) is 0 Å². The predicted octanol–water partition coefficient (Wildman–Crippen LogP) is 16.2. The minimum absolute atomic E-state index is 0.550. The summed E-state index contributed by atoms with van der Waals surface area (Å²) in [6.45, 7) is 62.9. The molecular weight excluding hydrogens is 444 g/mol. The monoisotopic (exact) mass is 535 g/mol. The van der Waals surface area contributed by atoms with E-state index in [4.69, 9.17) is 0 Å². The third-order valence-corrected chi connectivity index (χ3v) is 1.50. The van der Waals surface area contributed by atoms with Crippen LogP contribution < -0.4 is 0 Å². The molecule has 0 aromatic heterocycles. The van der Waals surface area contributed by atoms with Crippen LogP contribution in [0.1, 0.15) is 184 Å². The van der Waals surface area contributed by atoms with Gasteiger partial charge < -0.3 is 0 Å². The Balaban J connectivity index is -0.0000000190. The molecule has 37 heavy (non-hydrogen) atoms. The van der Waals surface area contributed by atoms with Gasteiger partial charge in [-0.1, -0.05) is 176 Å². The van der Waals surface area contributed by atoms with Crippen LogP contribution in [0.15, 0.2) is 51.6 Å². The van der Waals surface area contributed by atoms with Crippen molar-refractivity contribution in [2.45, 2.75) is 184 Å². The fourth-order valence-electron chi connectivity index (χ4n) is 0.750. The molecule has 0 radical (unpaired) electrons. The first-order valence-corrected chi connectivity index (χ1v) is 15.5. The van der Waals surface area contributed by atoms with E-state index in [0.717, 1.165) is 5.92 Å². The number of rotatable bonds is 2. The molecule has 0 saturated heterocycles. The average molecular weight is 535 g/mol. The summed E-state index contributed by atoms with van der Waals surface area (Å²) in [7, 11) is 0. The van der Waals surface area contributed by atoms with Crippen LogP contribution in [0.25, 0.3) is 0 Å². The van der Waals surface area contributed by atoms with Gasteiger partial charge in [0.25, 0.3) is 0 Å². The van der Waals surface area contributed by atoms with Crippen molar-refractivity contribution in [1.29, 1.82) is 0 Å². The van der Waals surface area contributed by atoms with E-state index in [-0.39, 0.29) is 0 Å². The lowest BCUT2D eigenvalue weighted by Gasteiger charge is -2.15. The van der Waals surface area contributed by atoms with Gasteiger partial charge in [0.1, 0.15) is 0 Å². The highest BCUT2D eigenvalue weighted by Crippen LogP contribution is 2.19. The summed E-state index contributed by atoms with van der Waals surface area (Å²) in [5, 5.41) is 0. The van der Waals surface area contributed by atoms with E-state index in [0.29, 0.717) is 5.41 Å². The molecule has 0 nitrogen and oxygen atoms in total. The highest BCUT2D eigenvalue weighted by atomic mass is 14.1. The van der Waals surface area contributed by atoms with Gasteiger partial charge >= 0.3 is 0 Å². The molecule has 0 heteroatoms. The van der Waals surface area contributed by atoms with E-state index in [1.54, 1.807) is 12.2 Å². The van der Waals surface area contributed by atoms with Crippen molar-refractivity contribution < 1.29 is 0 Å². The topological polar surface area (TPSA) is 0 Å². The summed E-state index contributed by atoms with van der Waals surface area (Å²) in [5.74, 6) is 0.833. The molecule has 0 amide bonds. The third kappa shape index (κ3) is 2420. The predicted molar refractivity (Wildman–Crippen MR) is 196 cm³/mol. The van der Waals surface area contributed by atoms with Crippen LogP contribution in [0.3, 0.4) is 0 Å². The van der Waals surface area contributed by atoms with Crippen LogP contribution in [0.2, 0.25) is 0 Å². The van der Waals surface area contributed by atoms with Crippen molar-refractivity contribution in [2.75, 3.05) is 0 Å². The molecule has 0 N–H and O–H groups in total. The first-order valence-electron chi connectivity index (χ1n) is 15.5. The Bertz CT molecular complexity index is 178. The second-order valence-electron chi connectivity index (χ2n) is 8.27. The molecule has 0 aromatic rings. The van der Waals surface area contributed by atoms with Gasteiger partial charge in [-0.15, -0.1) is 39.5 Å². The van der Waals surface area contributed by atoms with E-state index in [1.807, 2.05) is 55.4 Å². The molecule has 0 rings (SSSR count). The summed E-state index contributed by atoms with van der Waals surface area (Å²) < 4.78 is 0. The van der Waals surface area contributed by atoms with Crippen molar-refractivity contribution in [3.05, 3.63) is 51.6 Å². The Hall–Kier alpha value is -1.04. The number of hydrogen-bond acceptors (Lipinski definition) is 0. The summed E-state index contributed by atoms with van der Waals surface area (Å²) >= 11 is 0. The number of allylic oxidation sites excluding steroid dienone is 2. The Labute approximate surface area is 246 Å². The minimum atomic E-state index is 0.550. The molecule has 0 fully saturated rings. The van der Waals surface area contributed by atoms with Crippen LogP contribution in [-0.4, -0.2) is 0 Å². The largest absolute Gasteiger partial charge is 0.106 e. The summed E-state index contributed by atoms with van der Waals surface area (Å²) in [6.07, 6.45) is 11.3. The Morgan fingerprint density at radius 3 is 0.622 bits per heavy atom. The quantitative estimate of drug-likeness (QED) is 0.309. The SMILES string of the molecule is C=C.C=C.C=CC.C=CC.CC.CC.CC.CC(C)C.CCC.CCC.CCCC.CCCC(C)(C)C. The van der Waals surface area contributed by atoms with Gasteiger partial charge in [-0.05, 0) is 31.6 Å². The van der Waals surface area contributed by atoms with Gasteiger partial charge in [0.05, 0.1) is 0 Å². The summed E-state index contributed by atoms with van der Waals surface area (Å²) in [6, 6.07) is 0. The maximum absolute atomic E-state index is 3.36. The first kappa shape index (κ1) is 76.6. The number of hydrogen-bond donors (Lipinski definition) is 0. The zero-order chi connectivity index (χ0) is 33.7. The lowest BCUT2D eigenvalue weighted by Crippen LogP contribution is -2.02. The van der Waals surface area contributed by atoms with Crippen LogP contribution in [0.4, 0.5) is 0 Å². The molecule has 0 aromatic carbocycles. The van der Waals surface area contributed by atoms with Gasteiger partial charge in [-0.2, -0.15) is 0 Å². The Morgan fingerprint density at radius 1 is 0.514 bits per heavy atom. The fraction of sp³-hybridized carbons (Fsp3) is 0.784. The molecule has 238 valence electrons. The average Bonchev–Trinajstić information content (AvgIpc) is 2.86. The van der Waals surface area contributed by atoms with Crippen molar-refractivity contribution in [2.24, 2.45) is 11.3 Å². The van der Waals surface area contributed by atoms with Gasteiger partial charge in [0.2, 0.25) is 0 Å². The molecule has 0 aliphatic rings. The first-order chi connectivity index (χ1) is 17.4. The normalized spacial score (nSPS) is 6.43. The molecule has 0 unspecified atom stereocenters. The molecule has 0 bridgehead atoms. The highest BCUT2D eigenvalue weighted by Gasteiger charge is 2.06. The van der Waals surface area contributed by atoms with Gasteiger partial charge in [0.15, 0.2) is 0 Å². The van der Waals surface area contributed by atoms with E-state index in [9.17, 15) is 0 Å². The minimum Gasteiger partial charge on any atom is -0.106 e. The van der Waals surface area contributed by atoms with Crippen LogP contribution >= 0.6 is 0 Å². The summed E-state index contributed by atoms with van der Waals surface area (Å²) in [4.78, 5) is 0. The van der Waals surface area contributed by atoms with E-state index in [2.05, 4.69) is 129 Å². The van der Waals surface area contributed by atoms with Crippen molar-refractivity contribution in [1.82, 2.24) is 0 Å². The van der Waals surface area contributed by atoms with Gasteiger partial charge in [-0.3, -0.25) is 0 Å². The van der Waals surface area contributed by atoms with Crippen molar-refractivity contribution >= 4 is 0 Å². The van der Waals surface area contributed by atoms with Crippen molar-refractivity contribution in [3.8, 4) is 0 Å². The van der Waals surface area contributed by atoms with E-state index in [1.165, 1.54) is 38.5 Å². The van der Waals surface area contributed by atoms with Crippen molar-refractivity contribution in [3.63, 3.8) is 0 Å². The van der Waals surface area contributed by atoms with Crippen LogP contribution in [-0.2, 0) is 0 Å². The third-order valence-electron chi connectivity index (χ3n) is 1.50. The zero-order valence-corrected chi connectivity index (χ0v) is 31.7. The second kappa shape index (κ2) is 158. The maximum Gasteiger partial charge on any atom is -0.0383 e. The van der Waals surface area contributed by atoms with Crippen LogP contribution in [0, 0.1) is 11.3 Å². The standard InChI is InChI=1S/C7H16.2C4H10.2C3H8.2C3H6.3C2H6.2C2H4/c1-5-6-7(2,3)4;1-4(2)3;1-3-4-2;4*1-3-2;5*1-2/h5-6H2,1-4H3;4H,1-3H3;3-4H2,1-2H3;2*3H2,1-2H3;2*3H,1H2,2H3;3*1-2H3;2*1-2H2. The fourth-order valence-corrected chi connectivity index (χ4v) is 0.750. The molecule has 0 spiro atoms. The highest BCUT2D eigenvalue weighted by molar-refractivity contribution is 4.58. The molecule has 0 saturated carbocycles. The Kier molecular flexibility index (Phi) is 328. The lowest BCUT2D eigenvalue weighted by atomic mass is 9.91. The molecule has 0 heterocycles. The Morgan fingerprint density at radius 2 is 0.622 bits per heavy atom. The zero-order valence-electron chi connectivity index (χ0n) is 31.7. The molecule has 0 aliphatic heterocycles. The molecular formula is C37H90. The maximum atomic E-state index is 3.36. The lowest BCUT2D eigenvalue weighted by molar-refractivity contribution is 0.373. The molecule has 0 atom stereocenters. The molecule has 0 aliphatic carbocycles. The van der Waals surface area contributed by atoms with Gasteiger partial charge in [0, 0.05) is 0 Å². The summed E-state index contributed by atoms with van der Waals surface area (Å²) in [5.41, 5.74) is 0.550. The second-order valence-corrected chi connectivity index (χ2v) is 8.27. The van der Waals surface area contributed by atoms with E-state index < -0.39 is 0 Å². The van der Waals surface area contributed by atoms with E-state index >= 15 is 0 Å². The smallest absolute Gasteiger partial charge is 0.0383 e.